The second-order valence-electron chi connectivity index (χ2n) is 4.39. The first-order valence-electron chi connectivity index (χ1n) is 6.67. The number of amides is 2. The summed E-state index contributed by atoms with van der Waals surface area (Å²) in [5, 5.41) is 15.0. The first-order chi connectivity index (χ1) is 10.1. The van der Waals surface area contributed by atoms with Gasteiger partial charge < -0.3 is 14.8 Å². The van der Waals surface area contributed by atoms with Crippen molar-refractivity contribution in [3.05, 3.63) is 35.4 Å². The van der Waals surface area contributed by atoms with Crippen molar-refractivity contribution in [2.24, 2.45) is 5.16 Å². The second kappa shape index (κ2) is 6.25. The highest BCUT2D eigenvalue weighted by molar-refractivity contribution is 6.21. The fourth-order valence-electron chi connectivity index (χ4n) is 2.05. The topological polar surface area (TPSA) is 85.3 Å². The average Bonchev–Trinajstić information content (AvgIpc) is 2.74. The van der Waals surface area contributed by atoms with E-state index in [0.717, 1.165) is 4.90 Å². The van der Waals surface area contributed by atoms with Gasteiger partial charge in [-0.05, 0) is 26.0 Å². The number of benzene rings is 1. The summed E-state index contributed by atoms with van der Waals surface area (Å²) in [6.45, 7) is 4.28. The minimum Gasteiger partial charge on any atom is -0.844 e. The van der Waals surface area contributed by atoms with Gasteiger partial charge in [-0.1, -0.05) is 17.3 Å². The molecule has 7 nitrogen and oxygen atoms in total. The molecule has 0 saturated heterocycles. The number of oxime groups is 1. The van der Waals surface area contributed by atoms with Gasteiger partial charge in [-0.3, -0.25) is 9.59 Å². The van der Waals surface area contributed by atoms with Gasteiger partial charge in [-0.2, -0.15) is 0 Å². The highest BCUT2D eigenvalue weighted by Crippen LogP contribution is 2.21. The number of imide groups is 1. The van der Waals surface area contributed by atoms with Crippen LogP contribution in [-0.4, -0.2) is 47.5 Å². The van der Waals surface area contributed by atoms with Crippen molar-refractivity contribution in [2.75, 3.05) is 19.8 Å². The van der Waals surface area contributed by atoms with Gasteiger partial charge in [0.15, 0.2) is 6.73 Å². The van der Waals surface area contributed by atoms with Gasteiger partial charge in [-0.25, -0.2) is 4.90 Å². The van der Waals surface area contributed by atoms with Gasteiger partial charge in [0.25, 0.3) is 11.8 Å². The largest absolute Gasteiger partial charge is 0.844 e. The van der Waals surface area contributed by atoms with Gasteiger partial charge in [-0.15, -0.1) is 0 Å². The molecule has 0 saturated carbocycles. The SMILES string of the molecule is CCN(CC)/C([O-])=N/OCN1C(=O)c2ccccc2C1=O. The minimum atomic E-state index is -0.531. The lowest BCUT2D eigenvalue weighted by Crippen LogP contribution is -2.40. The Bertz CT molecular complexity index is 546. The van der Waals surface area contributed by atoms with E-state index < -0.39 is 17.8 Å². The molecule has 1 aliphatic rings. The van der Waals surface area contributed by atoms with Gasteiger partial charge in [0, 0.05) is 13.1 Å². The van der Waals surface area contributed by atoms with Crippen LogP contribution in [0.2, 0.25) is 0 Å². The Balaban J connectivity index is 2.01. The van der Waals surface area contributed by atoms with Crippen LogP contribution < -0.4 is 5.11 Å². The number of amidine groups is 1. The Morgan fingerprint density at radius 2 is 1.71 bits per heavy atom. The molecule has 0 unspecified atom stereocenters. The van der Waals surface area contributed by atoms with Crippen LogP contribution in [0.1, 0.15) is 34.6 Å². The summed E-state index contributed by atoms with van der Waals surface area (Å²) in [5.41, 5.74) is 0.669. The van der Waals surface area contributed by atoms with Crippen molar-refractivity contribution in [1.82, 2.24) is 9.80 Å². The standard InChI is InChI=1S/C14H17N3O4/c1-3-16(4-2)14(20)15-21-9-17-12(18)10-7-5-6-8-11(10)13(17)19/h5-8H,3-4,9H2,1-2H3,(H,15,20)/p-1. The highest BCUT2D eigenvalue weighted by atomic mass is 16.6. The smallest absolute Gasteiger partial charge is 0.264 e. The molecule has 0 atom stereocenters. The van der Waals surface area contributed by atoms with Crippen LogP contribution in [0.5, 0.6) is 0 Å². The van der Waals surface area contributed by atoms with E-state index in [0.29, 0.717) is 24.2 Å². The number of hydrogen-bond acceptors (Lipinski definition) is 5. The highest BCUT2D eigenvalue weighted by Gasteiger charge is 2.35. The fraction of sp³-hybridized carbons (Fsp3) is 0.357. The van der Waals surface area contributed by atoms with E-state index in [1.165, 1.54) is 4.90 Å². The van der Waals surface area contributed by atoms with Crippen molar-refractivity contribution in [1.29, 1.82) is 0 Å². The van der Waals surface area contributed by atoms with Crippen LogP contribution in [0.15, 0.2) is 29.4 Å². The number of carbonyl (C=O) groups excluding carboxylic acids is 2. The molecule has 1 aromatic carbocycles. The normalized spacial score (nSPS) is 14.4. The number of rotatable bonds is 5. The Morgan fingerprint density at radius 1 is 1.19 bits per heavy atom. The summed E-state index contributed by atoms with van der Waals surface area (Å²) >= 11 is 0. The van der Waals surface area contributed by atoms with Crippen molar-refractivity contribution in [3.63, 3.8) is 0 Å². The van der Waals surface area contributed by atoms with Crippen molar-refractivity contribution in [3.8, 4) is 0 Å². The number of hydrogen-bond donors (Lipinski definition) is 0. The van der Waals surface area contributed by atoms with E-state index in [1.807, 2.05) is 13.8 Å². The molecule has 7 heteroatoms. The van der Waals surface area contributed by atoms with Crippen molar-refractivity contribution >= 4 is 17.8 Å². The lowest BCUT2D eigenvalue weighted by Gasteiger charge is -2.25. The zero-order valence-electron chi connectivity index (χ0n) is 11.9. The molecule has 21 heavy (non-hydrogen) atoms. The average molecular weight is 290 g/mol. The monoisotopic (exact) mass is 290 g/mol. The molecule has 1 heterocycles. The first kappa shape index (κ1) is 14.8. The van der Waals surface area contributed by atoms with Crippen molar-refractivity contribution in [2.45, 2.75) is 13.8 Å². The van der Waals surface area contributed by atoms with Crippen LogP contribution in [0.25, 0.3) is 0 Å². The number of fused-ring (bicyclic) bond motifs is 1. The second-order valence-corrected chi connectivity index (χ2v) is 4.39. The maximum absolute atomic E-state index is 12.0. The molecule has 112 valence electrons. The summed E-state index contributed by atoms with van der Waals surface area (Å²) in [5.74, 6) is -0.887. The summed E-state index contributed by atoms with van der Waals surface area (Å²) < 4.78 is 0. The molecule has 0 N–H and O–H groups in total. The van der Waals surface area contributed by atoms with Crippen LogP contribution in [0.3, 0.4) is 0 Å². The molecule has 2 amide bonds. The van der Waals surface area contributed by atoms with E-state index in [1.54, 1.807) is 24.3 Å². The van der Waals surface area contributed by atoms with Gasteiger partial charge in [0.05, 0.1) is 17.1 Å². The third kappa shape index (κ3) is 2.81. The predicted molar refractivity (Wildman–Crippen MR) is 73.3 cm³/mol. The third-order valence-electron chi connectivity index (χ3n) is 3.24. The molecular formula is C14H16N3O4-. The van der Waals surface area contributed by atoms with Crippen LogP contribution in [0, 0.1) is 0 Å². The molecule has 0 bridgehead atoms. The van der Waals surface area contributed by atoms with Crippen LogP contribution >= 0.6 is 0 Å². The van der Waals surface area contributed by atoms with Crippen LogP contribution in [0.4, 0.5) is 0 Å². The number of nitrogens with zero attached hydrogens (tertiary/aromatic N) is 3. The summed E-state index contributed by atoms with van der Waals surface area (Å²) in [4.78, 5) is 31.3. The zero-order chi connectivity index (χ0) is 15.4. The maximum Gasteiger partial charge on any atom is 0.264 e. The zero-order valence-corrected chi connectivity index (χ0v) is 11.9. The quantitative estimate of drug-likeness (QED) is 0.335. The van der Waals surface area contributed by atoms with E-state index in [2.05, 4.69) is 5.16 Å². The van der Waals surface area contributed by atoms with E-state index >= 15 is 0 Å². The molecule has 0 spiro atoms. The van der Waals surface area contributed by atoms with Crippen LogP contribution in [-0.2, 0) is 4.84 Å². The lowest BCUT2D eigenvalue weighted by atomic mass is 10.1. The van der Waals surface area contributed by atoms with Crippen molar-refractivity contribution < 1.29 is 19.5 Å². The molecule has 0 fully saturated rings. The summed E-state index contributed by atoms with van der Waals surface area (Å²) in [6, 6.07) is 5.99. The van der Waals surface area contributed by atoms with Gasteiger partial charge in [0.2, 0.25) is 0 Å². The molecular weight excluding hydrogens is 274 g/mol. The van der Waals surface area contributed by atoms with E-state index in [-0.39, 0.29) is 6.73 Å². The lowest BCUT2D eigenvalue weighted by molar-refractivity contribution is -0.240. The maximum atomic E-state index is 12.0. The summed E-state index contributed by atoms with van der Waals surface area (Å²) in [6.07, 6.45) is 0. The van der Waals surface area contributed by atoms with Gasteiger partial charge in [0.1, 0.15) is 0 Å². The Labute approximate surface area is 122 Å². The molecule has 1 aliphatic heterocycles. The molecule has 2 rings (SSSR count). The molecule has 0 radical (unpaired) electrons. The summed E-state index contributed by atoms with van der Waals surface area (Å²) in [7, 11) is 0. The van der Waals surface area contributed by atoms with Gasteiger partial charge >= 0.3 is 0 Å². The Hall–Kier alpha value is -2.57. The molecule has 0 aliphatic carbocycles. The van der Waals surface area contributed by atoms with E-state index in [4.69, 9.17) is 4.84 Å². The predicted octanol–water partition coefficient (Wildman–Crippen LogP) is 0.230. The Morgan fingerprint density at radius 3 is 2.19 bits per heavy atom. The fourth-order valence-corrected chi connectivity index (χ4v) is 2.05. The van der Waals surface area contributed by atoms with E-state index in [9.17, 15) is 14.7 Å². The first-order valence-corrected chi connectivity index (χ1v) is 6.67. The number of carbonyl (C=O) groups is 2. The minimum absolute atomic E-state index is 0.334. The third-order valence-corrected chi connectivity index (χ3v) is 3.24. The molecule has 1 aromatic rings. The molecule has 0 aromatic heterocycles. The Kier molecular flexibility index (Phi) is 4.42.